The van der Waals surface area contributed by atoms with Crippen molar-refractivity contribution in [2.75, 3.05) is 0 Å². The van der Waals surface area contributed by atoms with Gasteiger partial charge >= 0.3 is 5.97 Å². The minimum atomic E-state index is -0.918. The molecular formula is C9H6BrNO2. The second-order valence-corrected chi connectivity index (χ2v) is 3.49. The van der Waals surface area contributed by atoms with E-state index in [1.54, 1.807) is 28.8 Å². The molecule has 0 spiro atoms. The van der Waals surface area contributed by atoms with Crippen LogP contribution in [0.25, 0.3) is 5.52 Å². The lowest BCUT2D eigenvalue weighted by atomic mass is 10.4. The second kappa shape index (κ2) is 2.88. The summed E-state index contributed by atoms with van der Waals surface area (Å²) in [6.07, 6.45) is 1.73. The van der Waals surface area contributed by atoms with Crippen LogP contribution in [0.2, 0.25) is 0 Å². The van der Waals surface area contributed by atoms with E-state index in [9.17, 15) is 4.79 Å². The Morgan fingerprint density at radius 1 is 1.38 bits per heavy atom. The molecule has 0 fully saturated rings. The van der Waals surface area contributed by atoms with Gasteiger partial charge < -0.3 is 9.51 Å². The van der Waals surface area contributed by atoms with Crippen LogP contribution in [0.15, 0.2) is 34.9 Å². The predicted molar refractivity (Wildman–Crippen MR) is 52.1 cm³/mol. The van der Waals surface area contributed by atoms with Crippen LogP contribution < -0.4 is 0 Å². The van der Waals surface area contributed by atoms with Crippen molar-refractivity contribution in [3.8, 4) is 0 Å². The Bertz CT molecular complexity index is 475. The summed E-state index contributed by atoms with van der Waals surface area (Å²) >= 11 is 3.35. The number of carboxylic acid groups (broad SMARTS) is 1. The highest BCUT2D eigenvalue weighted by Gasteiger charge is 2.09. The third-order valence-corrected chi connectivity index (χ3v) is 2.53. The number of nitrogens with zero attached hydrogens (tertiary/aromatic N) is 1. The number of halogens is 1. The predicted octanol–water partition coefficient (Wildman–Crippen LogP) is 2.40. The first kappa shape index (κ1) is 8.31. The second-order valence-electron chi connectivity index (χ2n) is 2.64. The molecule has 4 heteroatoms. The van der Waals surface area contributed by atoms with Crippen LogP contribution >= 0.6 is 15.9 Å². The molecule has 66 valence electrons. The molecule has 0 amide bonds. The molecule has 2 rings (SSSR count). The Hall–Kier alpha value is -1.29. The molecule has 0 saturated carbocycles. The van der Waals surface area contributed by atoms with Gasteiger partial charge in [-0.1, -0.05) is 0 Å². The van der Waals surface area contributed by atoms with Gasteiger partial charge in [-0.15, -0.1) is 0 Å². The molecule has 1 N–H and O–H groups in total. The van der Waals surface area contributed by atoms with Crippen molar-refractivity contribution in [3.63, 3.8) is 0 Å². The maximum absolute atomic E-state index is 10.8. The largest absolute Gasteiger partial charge is 0.477 e. The number of hydrogen-bond donors (Lipinski definition) is 1. The van der Waals surface area contributed by atoms with Crippen molar-refractivity contribution >= 4 is 27.4 Å². The van der Waals surface area contributed by atoms with Crippen LogP contribution in [-0.2, 0) is 0 Å². The van der Waals surface area contributed by atoms with Crippen LogP contribution in [0.4, 0.5) is 0 Å². The molecule has 2 aromatic heterocycles. The topological polar surface area (TPSA) is 41.7 Å². The summed E-state index contributed by atoms with van der Waals surface area (Å²) in [6.45, 7) is 0. The molecule has 0 bridgehead atoms. The molecule has 2 heterocycles. The van der Waals surface area contributed by atoms with E-state index in [4.69, 9.17) is 5.11 Å². The van der Waals surface area contributed by atoms with Gasteiger partial charge in [-0.25, -0.2) is 4.79 Å². The number of aromatic carboxylic acids is 1. The van der Waals surface area contributed by atoms with E-state index in [0.717, 1.165) is 9.99 Å². The monoisotopic (exact) mass is 239 g/mol. The normalized spacial score (nSPS) is 10.5. The average Bonchev–Trinajstić information content (AvgIpc) is 2.48. The summed E-state index contributed by atoms with van der Waals surface area (Å²) in [5, 5.41) is 8.83. The van der Waals surface area contributed by atoms with E-state index in [-0.39, 0.29) is 5.69 Å². The molecule has 0 radical (unpaired) electrons. The van der Waals surface area contributed by atoms with E-state index >= 15 is 0 Å². The molecule has 0 saturated heterocycles. The van der Waals surface area contributed by atoms with Crippen molar-refractivity contribution < 1.29 is 9.90 Å². The number of rotatable bonds is 1. The van der Waals surface area contributed by atoms with Crippen LogP contribution in [0, 0.1) is 0 Å². The molecule has 0 aromatic carbocycles. The molecule has 0 aliphatic carbocycles. The minimum absolute atomic E-state index is 0.274. The molecule has 0 unspecified atom stereocenters. The van der Waals surface area contributed by atoms with Crippen molar-refractivity contribution in [2.45, 2.75) is 0 Å². The van der Waals surface area contributed by atoms with Crippen LogP contribution in [0.3, 0.4) is 0 Å². The summed E-state index contributed by atoms with van der Waals surface area (Å²) in [6, 6.07) is 7.03. The number of aromatic nitrogens is 1. The standard InChI is InChI=1S/C9H6BrNO2/c10-6-2-1-5-11-7(6)3-4-8(11)9(12)13/h1-5H,(H,12,13). The average molecular weight is 240 g/mol. The van der Waals surface area contributed by atoms with Gasteiger partial charge in [0.15, 0.2) is 0 Å². The lowest BCUT2D eigenvalue weighted by Gasteiger charge is -1.98. The molecule has 0 atom stereocenters. The minimum Gasteiger partial charge on any atom is -0.477 e. The van der Waals surface area contributed by atoms with Crippen molar-refractivity contribution in [1.82, 2.24) is 4.40 Å². The summed E-state index contributed by atoms with van der Waals surface area (Å²) in [5.41, 5.74) is 1.14. The molecule has 13 heavy (non-hydrogen) atoms. The Kier molecular flexibility index (Phi) is 1.84. The van der Waals surface area contributed by atoms with Gasteiger partial charge in [0.05, 0.1) is 5.52 Å². The van der Waals surface area contributed by atoms with Gasteiger partial charge in [0.2, 0.25) is 0 Å². The zero-order valence-corrected chi connectivity index (χ0v) is 8.15. The molecule has 0 aliphatic heterocycles. The van der Waals surface area contributed by atoms with E-state index in [1.807, 2.05) is 6.07 Å². The maximum atomic E-state index is 10.8. The smallest absolute Gasteiger partial charge is 0.352 e. The van der Waals surface area contributed by atoms with Gasteiger partial charge in [-0.3, -0.25) is 0 Å². The van der Waals surface area contributed by atoms with Crippen molar-refractivity contribution in [2.24, 2.45) is 0 Å². The number of fused-ring (bicyclic) bond motifs is 1. The Morgan fingerprint density at radius 2 is 2.15 bits per heavy atom. The Balaban J connectivity index is 2.83. The van der Waals surface area contributed by atoms with Crippen molar-refractivity contribution in [3.05, 3.63) is 40.6 Å². The summed E-state index contributed by atoms with van der Waals surface area (Å²) in [5.74, 6) is -0.918. The molecular weight excluding hydrogens is 234 g/mol. The lowest BCUT2D eigenvalue weighted by Crippen LogP contribution is -2.00. The summed E-state index contributed by atoms with van der Waals surface area (Å²) in [4.78, 5) is 10.8. The number of hydrogen-bond acceptors (Lipinski definition) is 1. The Morgan fingerprint density at radius 3 is 2.85 bits per heavy atom. The summed E-state index contributed by atoms with van der Waals surface area (Å²) in [7, 11) is 0. The Labute approximate surface area is 82.7 Å². The first-order valence-corrected chi connectivity index (χ1v) is 4.48. The first-order chi connectivity index (χ1) is 6.20. The fourth-order valence-electron chi connectivity index (χ4n) is 1.28. The highest BCUT2D eigenvalue weighted by atomic mass is 79.9. The number of pyridine rings is 1. The molecule has 3 nitrogen and oxygen atoms in total. The van der Waals surface area contributed by atoms with Crippen LogP contribution in [-0.4, -0.2) is 15.5 Å². The third kappa shape index (κ3) is 1.23. The van der Waals surface area contributed by atoms with E-state index in [0.29, 0.717) is 0 Å². The van der Waals surface area contributed by atoms with Crippen LogP contribution in [0.5, 0.6) is 0 Å². The summed E-state index contributed by atoms with van der Waals surface area (Å²) < 4.78 is 2.52. The molecule has 2 aromatic rings. The van der Waals surface area contributed by atoms with Gasteiger partial charge in [-0.2, -0.15) is 0 Å². The lowest BCUT2D eigenvalue weighted by molar-refractivity contribution is 0.0689. The number of carboxylic acids is 1. The highest BCUT2D eigenvalue weighted by molar-refractivity contribution is 9.10. The van der Waals surface area contributed by atoms with Crippen LogP contribution in [0.1, 0.15) is 10.5 Å². The first-order valence-electron chi connectivity index (χ1n) is 3.69. The van der Waals surface area contributed by atoms with Gasteiger partial charge in [0.1, 0.15) is 5.69 Å². The number of carbonyl (C=O) groups is 1. The fourth-order valence-corrected chi connectivity index (χ4v) is 1.75. The third-order valence-electron chi connectivity index (χ3n) is 1.86. The van der Waals surface area contributed by atoms with Gasteiger partial charge in [0, 0.05) is 10.7 Å². The quantitative estimate of drug-likeness (QED) is 0.831. The zero-order valence-electron chi connectivity index (χ0n) is 6.57. The SMILES string of the molecule is O=C(O)c1ccc2c(Br)cccn12. The fraction of sp³-hybridized carbons (Fsp3) is 0. The molecule has 0 aliphatic rings. The van der Waals surface area contributed by atoms with Crippen molar-refractivity contribution in [1.29, 1.82) is 0 Å². The van der Waals surface area contributed by atoms with E-state index in [1.165, 1.54) is 0 Å². The van der Waals surface area contributed by atoms with E-state index < -0.39 is 5.97 Å². The van der Waals surface area contributed by atoms with Gasteiger partial charge in [-0.05, 0) is 40.2 Å². The zero-order chi connectivity index (χ0) is 9.42. The maximum Gasteiger partial charge on any atom is 0.352 e. The van der Waals surface area contributed by atoms with Gasteiger partial charge in [0.25, 0.3) is 0 Å². The van der Waals surface area contributed by atoms with E-state index in [2.05, 4.69) is 15.9 Å². The highest BCUT2D eigenvalue weighted by Crippen LogP contribution is 2.19.